The summed E-state index contributed by atoms with van der Waals surface area (Å²) in [5, 5.41) is 18.4. The molecule has 1 aliphatic rings. The highest BCUT2D eigenvalue weighted by molar-refractivity contribution is 5.55. The molecule has 0 fully saturated rings. The summed E-state index contributed by atoms with van der Waals surface area (Å²) in [6, 6.07) is 7.03. The molecule has 0 spiro atoms. The first-order valence-corrected chi connectivity index (χ1v) is 5.27. The van der Waals surface area contributed by atoms with Crippen LogP contribution in [0.15, 0.2) is 54.1 Å². The molecule has 2 N–H and O–H groups in total. The highest BCUT2D eigenvalue weighted by Gasteiger charge is 2.01. The van der Waals surface area contributed by atoms with Crippen LogP contribution in [0, 0.1) is 0 Å². The number of phenolic OH excluding ortho intramolecular Hbond substituents is 1. The van der Waals surface area contributed by atoms with E-state index in [0.29, 0.717) is 6.42 Å². The number of benzene rings is 1. The summed E-state index contributed by atoms with van der Waals surface area (Å²) in [6.45, 7) is 0. The standard InChI is InChI=1S/C14H14O2/c15-13-7-3-11(4-8-13)1-2-12-5-9-14(16)10-6-12/h1-9,14-16H,10H2/b2-1+. The molecule has 0 aliphatic heterocycles. The van der Waals surface area contributed by atoms with Gasteiger partial charge in [-0.2, -0.15) is 0 Å². The van der Waals surface area contributed by atoms with Crippen LogP contribution in [0.2, 0.25) is 0 Å². The second-order valence-corrected chi connectivity index (χ2v) is 3.79. The fraction of sp³-hybridized carbons (Fsp3) is 0.143. The molecular weight excluding hydrogens is 200 g/mol. The Hall–Kier alpha value is -1.80. The molecule has 82 valence electrons. The van der Waals surface area contributed by atoms with Gasteiger partial charge in [-0.15, -0.1) is 0 Å². The van der Waals surface area contributed by atoms with Crippen molar-refractivity contribution in [3.8, 4) is 5.75 Å². The van der Waals surface area contributed by atoms with Crippen molar-refractivity contribution in [3.63, 3.8) is 0 Å². The summed E-state index contributed by atoms with van der Waals surface area (Å²) < 4.78 is 0. The molecule has 16 heavy (non-hydrogen) atoms. The average Bonchev–Trinajstić information content (AvgIpc) is 2.30. The minimum absolute atomic E-state index is 0.275. The van der Waals surface area contributed by atoms with Crippen molar-refractivity contribution < 1.29 is 10.2 Å². The van der Waals surface area contributed by atoms with E-state index in [-0.39, 0.29) is 11.9 Å². The average molecular weight is 214 g/mol. The highest BCUT2D eigenvalue weighted by Crippen LogP contribution is 2.15. The molecule has 0 aromatic heterocycles. The number of allylic oxidation sites excluding steroid dienone is 3. The number of aliphatic hydroxyl groups excluding tert-OH is 1. The summed E-state index contributed by atoms with van der Waals surface area (Å²) in [5.74, 6) is 0.275. The Balaban J connectivity index is 2.05. The van der Waals surface area contributed by atoms with E-state index in [1.807, 2.05) is 36.4 Å². The Morgan fingerprint density at radius 1 is 1.12 bits per heavy atom. The van der Waals surface area contributed by atoms with Crippen molar-refractivity contribution >= 4 is 6.08 Å². The summed E-state index contributed by atoms with van der Waals surface area (Å²) in [6.07, 6.45) is 10.0. The van der Waals surface area contributed by atoms with Crippen LogP contribution in [0.25, 0.3) is 6.08 Å². The molecule has 2 rings (SSSR count). The van der Waals surface area contributed by atoms with Gasteiger partial charge in [-0.25, -0.2) is 0 Å². The Labute approximate surface area is 94.9 Å². The van der Waals surface area contributed by atoms with Crippen LogP contribution in [0.4, 0.5) is 0 Å². The molecule has 0 amide bonds. The predicted molar refractivity (Wildman–Crippen MR) is 65.0 cm³/mol. The molecular formula is C14H14O2. The van der Waals surface area contributed by atoms with Crippen molar-refractivity contribution in [1.29, 1.82) is 0 Å². The monoisotopic (exact) mass is 214 g/mol. The minimum atomic E-state index is -0.342. The maximum absolute atomic E-state index is 9.26. The maximum atomic E-state index is 9.26. The van der Waals surface area contributed by atoms with E-state index in [0.717, 1.165) is 11.1 Å². The van der Waals surface area contributed by atoms with Crippen LogP contribution in [-0.4, -0.2) is 16.3 Å². The molecule has 0 saturated heterocycles. The van der Waals surface area contributed by atoms with Gasteiger partial charge in [-0.1, -0.05) is 42.5 Å². The fourth-order valence-electron chi connectivity index (χ4n) is 1.53. The molecule has 0 radical (unpaired) electrons. The van der Waals surface area contributed by atoms with Gasteiger partial charge >= 0.3 is 0 Å². The molecule has 0 heterocycles. The van der Waals surface area contributed by atoms with Crippen LogP contribution >= 0.6 is 0 Å². The molecule has 1 aromatic carbocycles. The Morgan fingerprint density at radius 3 is 2.50 bits per heavy atom. The summed E-state index contributed by atoms with van der Waals surface area (Å²) >= 11 is 0. The van der Waals surface area contributed by atoms with Crippen LogP contribution in [0.1, 0.15) is 12.0 Å². The van der Waals surface area contributed by atoms with E-state index in [1.54, 1.807) is 18.2 Å². The lowest BCUT2D eigenvalue weighted by molar-refractivity contribution is 0.225. The largest absolute Gasteiger partial charge is 0.508 e. The fourth-order valence-corrected chi connectivity index (χ4v) is 1.53. The van der Waals surface area contributed by atoms with Gasteiger partial charge in [0, 0.05) is 0 Å². The van der Waals surface area contributed by atoms with Crippen LogP contribution < -0.4 is 0 Å². The predicted octanol–water partition coefficient (Wildman–Crippen LogP) is 2.65. The molecule has 1 aliphatic carbocycles. The lowest BCUT2D eigenvalue weighted by atomic mass is 10.0. The number of rotatable bonds is 2. The lowest BCUT2D eigenvalue weighted by Gasteiger charge is -2.07. The van der Waals surface area contributed by atoms with Gasteiger partial charge in [0.15, 0.2) is 0 Å². The maximum Gasteiger partial charge on any atom is 0.115 e. The molecule has 2 heteroatoms. The first kappa shape index (κ1) is 10.7. The lowest BCUT2D eigenvalue weighted by Crippen LogP contribution is -2.03. The SMILES string of the molecule is Oc1ccc(/C=C/C2=CCC(O)C=C2)cc1. The molecule has 0 bridgehead atoms. The van der Waals surface area contributed by atoms with Crippen molar-refractivity contribution in [3.05, 3.63) is 59.7 Å². The molecule has 0 saturated carbocycles. The highest BCUT2D eigenvalue weighted by atomic mass is 16.3. The van der Waals surface area contributed by atoms with Gasteiger partial charge in [-0.3, -0.25) is 0 Å². The Kier molecular flexibility index (Phi) is 3.22. The first-order valence-electron chi connectivity index (χ1n) is 5.27. The second-order valence-electron chi connectivity index (χ2n) is 3.79. The van der Waals surface area contributed by atoms with Crippen LogP contribution in [0.3, 0.4) is 0 Å². The van der Waals surface area contributed by atoms with E-state index in [4.69, 9.17) is 5.11 Å². The first-order chi connectivity index (χ1) is 7.74. The van der Waals surface area contributed by atoms with E-state index in [2.05, 4.69) is 0 Å². The quantitative estimate of drug-likeness (QED) is 0.794. The topological polar surface area (TPSA) is 40.5 Å². The van der Waals surface area contributed by atoms with E-state index >= 15 is 0 Å². The molecule has 2 nitrogen and oxygen atoms in total. The second kappa shape index (κ2) is 4.81. The number of aliphatic hydroxyl groups is 1. The summed E-state index contributed by atoms with van der Waals surface area (Å²) in [7, 11) is 0. The van der Waals surface area contributed by atoms with E-state index in [1.165, 1.54) is 0 Å². The van der Waals surface area contributed by atoms with Gasteiger partial charge in [0.1, 0.15) is 5.75 Å². The van der Waals surface area contributed by atoms with Gasteiger partial charge < -0.3 is 10.2 Å². The van der Waals surface area contributed by atoms with Crippen LogP contribution in [0.5, 0.6) is 5.75 Å². The zero-order valence-electron chi connectivity index (χ0n) is 8.88. The van der Waals surface area contributed by atoms with E-state index in [9.17, 15) is 5.11 Å². The summed E-state index contributed by atoms with van der Waals surface area (Å²) in [5.41, 5.74) is 2.14. The number of hydrogen-bond acceptors (Lipinski definition) is 2. The number of hydrogen-bond donors (Lipinski definition) is 2. The Morgan fingerprint density at radius 2 is 1.88 bits per heavy atom. The van der Waals surface area contributed by atoms with Gasteiger partial charge in [-0.05, 0) is 29.7 Å². The van der Waals surface area contributed by atoms with Crippen molar-refractivity contribution in [1.82, 2.24) is 0 Å². The van der Waals surface area contributed by atoms with Crippen LogP contribution in [-0.2, 0) is 0 Å². The third-order valence-corrected chi connectivity index (χ3v) is 2.47. The minimum Gasteiger partial charge on any atom is -0.508 e. The zero-order chi connectivity index (χ0) is 11.4. The van der Waals surface area contributed by atoms with Gasteiger partial charge in [0.2, 0.25) is 0 Å². The van der Waals surface area contributed by atoms with Gasteiger partial charge in [0.25, 0.3) is 0 Å². The third-order valence-electron chi connectivity index (χ3n) is 2.47. The van der Waals surface area contributed by atoms with Crippen molar-refractivity contribution in [2.45, 2.75) is 12.5 Å². The zero-order valence-corrected chi connectivity index (χ0v) is 8.88. The Bertz CT molecular complexity index is 438. The molecule has 1 aromatic rings. The third kappa shape index (κ3) is 2.84. The van der Waals surface area contributed by atoms with Gasteiger partial charge in [0.05, 0.1) is 6.10 Å². The number of aromatic hydroxyl groups is 1. The normalized spacial score (nSPS) is 20.1. The summed E-state index contributed by atoms with van der Waals surface area (Å²) in [4.78, 5) is 0. The molecule has 1 atom stereocenters. The smallest absolute Gasteiger partial charge is 0.115 e. The molecule has 1 unspecified atom stereocenters. The number of phenols is 1. The van der Waals surface area contributed by atoms with E-state index < -0.39 is 0 Å². The van der Waals surface area contributed by atoms with Crippen molar-refractivity contribution in [2.24, 2.45) is 0 Å². The van der Waals surface area contributed by atoms with Crippen molar-refractivity contribution in [2.75, 3.05) is 0 Å².